The van der Waals surface area contributed by atoms with Gasteiger partial charge >= 0.3 is 5.97 Å². The van der Waals surface area contributed by atoms with Crippen molar-refractivity contribution in [2.75, 3.05) is 0 Å². The molecule has 23 heavy (non-hydrogen) atoms. The largest absolute Gasteiger partial charge is 0.430 e. The summed E-state index contributed by atoms with van der Waals surface area (Å²) in [5.41, 5.74) is -0.120. The molecular weight excluding hydrogens is 284 g/mol. The second-order valence-corrected chi connectivity index (χ2v) is 8.37. The van der Waals surface area contributed by atoms with Crippen molar-refractivity contribution >= 4 is 5.97 Å². The molecule has 0 spiro atoms. The maximum absolute atomic E-state index is 13.3. The molecule has 5 aliphatic rings. The van der Waals surface area contributed by atoms with Crippen molar-refractivity contribution in [3.63, 3.8) is 0 Å². The zero-order valence-corrected chi connectivity index (χ0v) is 13.7. The van der Waals surface area contributed by atoms with Crippen LogP contribution < -0.4 is 0 Å². The smallest absolute Gasteiger partial charge is 0.317 e. The third-order valence-corrected chi connectivity index (χ3v) is 7.59. The molecule has 0 N–H and O–H groups in total. The Kier molecular flexibility index (Phi) is 3.11. The molecule has 3 fully saturated rings. The van der Waals surface area contributed by atoms with Crippen LogP contribution in [0.5, 0.6) is 0 Å². The normalized spacial score (nSPS) is 46.4. The Morgan fingerprint density at radius 2 is 2.09 bits per heavy atom. The number of ether oxygens (including phenoxy) is 1. The fraction of sp³-hybridized carbons (Fsp3) is 0.667. The highest BCUT2D eigenvalue weighted by Gasteiger charge is 2.64. The predicted molar refractivity (Wildman–Crippen MR) is 89.3 cm³/mol. The molecule has 2 heteroatoms. The lowest BCUT2D eigenvalue weighted by Crippen LogP contribution is -2.41. The SMILES string of the molecule is O=C(OC1=CC=CC2CC=CCC12)C12CCCC1C1CCC2C1. The topological polar surface area (TPSA) is 26.3 Å². The van der Waals surface area contributed by atoms with E-state index in [2.05, 4.69) is 24.3 Å². The van der Waals surface area contributed by atoms with Gasteiger partial charge in [0.1, 0.15) is 5.76 Å². The minimum atomic E-state index is -0.120. The maximum atomic E-state index is 13.3. The minimum absolute atomic E-state index is 0.120. The highest BCUT2D eigenvalue weighted by Crippen LogP contribution is 2.66. The molecule has 0 saturated heterocycles. The molecule has 0 radical (unpaired) electrons. The average molecular weight is 310 g/mol. The van der Waals surface area contributed by atoms with E-state index in [0.29, 0.717) is 23.7 Å². The standard InChI is InChI=1S/C21H26O2/c22-20(21-12-4-8-18(21)15-10-11-16(21)13-15)23-19-9-3-6-14-5-1-2-7-17(14)19/h1-3,6,9,14-18H,4-5,7-8,10-13H2. The second kappa shape index (κ2) is 5.09. The van der Waals surface area contributed by atoms with Gasteiger partial charge in [-0.2, -0.15) is 0 Å². The van der Waals surface area contributed by atoms with Gasteiger partial charge in [0, 0.05) is 5.92 Å². The number of rotatable bonds is 2. The summed E-state index contributed by atoms with van der Waals surface area (Å²) >= 11 is 0. The molecule has 6 atom stereocenters. The Balaban J connectivity index is 1.40. The van der Waals surface area contributed by atoms with Crippen molar-refractivity contribution in [1.29, 1.82) is 0 Å². The highest BCUT2D eigenvalue weighted by atomic mass is 16.5. The van der Waals surface area contributed by atoms with Crippen LogP contribution in [0.3, 0.4) is 0 Å². The molecule has 0 aromatic heterocycles. The minimum Gasteiger partial charge on any atom is -0.430 e. The van der Waals surface area contributed by atoms with Crippen LogP contribution in [-0.4, -0.2) is 5.97 Å². The zero-order valence-electron chi connectivity index (χ0n) is 13.7. The first-order valence-electron chi connectivity index (χ1n) is 9.54. The third kappa shape index (κ3) is 1.90. The number of carbonyl (C=O) groups is 1. The molecule has 2 bridgehead atoms. The van der Waals surface area contributed by atoms with E-state index in [1.165, 1.54) is 32.1 Å². The second-order valence-electron chi connectivity index (χ2n) is 8.37. The molecule has 0 amide bonds. The molecular formula is C21H26O2. The molecule has 2 nitrogen and oxygen atoms in total. The summed E-state index contributed by atoms with van der Waals surface area (Å²) in [4.78, 5) is 13.3. The lowest BCUT2D eigenvalue weighted by molar-refractivity contribution is -0.158. The van der Waals surface area contributed by atoms with Crippen molar-refractivity contribution in [2.45, 2.75) is 51.4 Å². The first kappa shape index (κ1) is 14.1. The van der Waals surface area contributed by atoms with Gasteiger partial charge in [-0.05, 0) is 74.7 Å². The molecule has 0 aromatic carbocycles. The third-order valence-electron chi connectivity index (χ3n) is 7.59. The van der Waals surface area contributed by atoms with Gasteiger partial charge in [0.2, 0.25) is 0 Å². The van der Waals surface area contributed by atoms with Crippen LogP contribution in [0.2, 0.25) is 0 Å². The Hall–Kier alpha value is -1.31. The van der Waals surface area contributed by atoms with Crippen LogP contribution in [0.15, 0.2) is 36.1 Å². The summed E-state index contributed by atoms with van der Waals surface area (Å²) in [6.07, 6.45) is 20.5. The number of hydrogen-bond acceptors (Lipinski definition) is 2. The maximum Gasteiger partial charge on any atom is 0.317 e. The Morgan fingerprint density at radius 1 is 1.17 bits per heavy atom. The molecule has 0 heterocycles. The van der Waals surface area contributed by atoms with Crippen LogP contribution in [0, 0.1) is 35.0 Å². The number of esters is 1. The Morgan fingerprint density at radius 3 is 3.04 bits per heavy atom. The van der Waals surface area contributed by atoms with Crippen molar-refractivity contribution < 1.29 is 9.53 Å². The first-order valence-corrected chi connectivity index (χ1v) is 9.54. The van der Waals surface area contributed by atoms with Crippen molar-refractivity contribution in [2.24, 2.45) is 35.0 Å². The van der Waals surface area contributed by atoms with Crippen LogP contribution in [0.1, 0.15) is 51.4 Å². The fourth-order valence-corrected chi connectivity index (χ4v) is 6.59. The average Bonchev–Trinajstić information content (AvgIpc) is 3.28. The van der Waals surface area contributed by atoms with E-state index in [0.717, 1.165) is 30.9 Å². The van der Waals surface area contributed by atoms with Gasteiger partial charge in [-0.1, -0.05) is 30.7 Å². The lowest BCUT2D eigenvalue weighted by Gasteiger charge is -2.38. The Labute approximate surface area is 138 Å². The molecule has 5 rings (SSSR count). The van der Waals surface area contributed by atoms with Gasteiger partial charge in [-0.3, -0.25) is 4.79 Å². The molecule has 122 valence electrons. The van der Waals surface area contributed by atoms with E-state index in [4.69, 9.17) is 4.74 Å². The predicted octanol–water partition coefficient (Wildman–Crippen LogP) is 4.78. The van der Waals surface area contributed by atoms with Gasteiger partial charge < -0.3 is 4.74 Å². The van der Waals surface area contributed by atoms with Gasteiger partial charge in [0.05, 0.1) is 5.41 Å². The number of hydrogen-bond donors (Lipinski definition) is 0. The van der Waals surface area contributed by atoms with Crippen LogP contribution in [-0.2, 0) is 9.53 Å². The summed E-state index contributed by atoms with van der Waals surface area (Å²) < 4.78 is 6.14. The van der Waals surface area contributed by atoms with Crippen LogP contribution in [0.4, 0.5) is 0 Å². The van der Waals surface area contributed by atoms with Gasteiger partial charge in [0.15, 0.2) is 0 Å². The van der Waals surface area contributed by atoms with E-state index in [1.807, 2.05) is 6.08 Å². The number of fused-ring (bicyclic) bond motifs is 6. The van der Waals surface area contributed by atoms with Crippen molar-refractivity contribution in [3.05, 3.63) is 36.1 Å². The van der Waals surface area contributed by atoms with E-state index < -0.39 is 0 Å². The molecule has 0 aliphatic heterocycles. The summed E-state index contributed by atoms with van der Waals surface area (Å²) in [6, 6.07) is 0. The van der Waals surface area contributed by atoms with E-state index in [9.17, 15) is 4.79 Å². The van der Waals surface area contributed by atoms with E-state index >= 15 is 0 Å². The summed E-state index contributed by atoms with van der Waals surface area (Å²) in [5.74, 6) is 4.00. The Bertz CT molecular complexity index is 613. The van der Waals surface area contributed by atoms with Crippen molar-refractivity contribution in [3.8, 4) is 0 Å². The van der Waals surface area contributed by atoms with E-state index in [1.54, 1.807) is 0 Å². The molecule has 0 aromatic rings. The molecule has 3 saturated carbocycles. The van der Waals surface area contributed by atoms with Crippen LogP contribution in [0.25, 0.3) is 0 Å². The summed E-state index contributed by atoms with van der Waals surface area (Å²) in [5, 5.41) is 0. The number of carbonyl (C=O) groups excluding carboxylic acids is 1. The zero-order chi connectivity index (χ0) is 15.4. The molecule has 5 aliphatic carbocycles. The van der Waals surface area contributed by atoms with Crippen molar-refractivity contribution in [1.82, 2.24) is 0 Å². The van der Waals surface area contributed by atoms with Gasteiger partial charge in [0.25, 0.3) is 0 Å². The van der Waals surface area contributed by atoms with Crippen LogP contribution >= 0.6 is 0 Å². The number of allylic oxidation sites excluding steroid dienone is 6. The summed E-state index contributed by atoms with van der Waals surface area (Å²) in [7, 11) is 0. The quantitative estimate of drug-likeness (QED) is 0.542. The van der Waals surface area contributed by atoms with Gasteiger partial charge in [-0.15, -0.1) is 0 Å². The molecule has 6 unspecified atom stereocenters. The van der Waals surface area contributed by atoms with Gasteiger partial charge in [-0.25, -0.2) is 0 Å². The highest BCUT2D eigenvalue weighted by molar-refractivity contribution is 5.80. The lowest BCUT2D eigenvalue weighted by atomic mass is 9.68. The monoisotopic (exact) mass is 310 g/mol. The fourth-order valence-electron chi connectivity index (χ4n) is 6.59. The summed E-state index contributed by atoms with van der Waals surface area (Å²) in [6.45, 7) is 0. The van der Waals surface area contributed by atoms with E-state index in [-0.39, 0.29) is 11.4 Å². The first-order chi connectivity index (χ1) is 11.3.